The molecule has 0 bridgehead atoms. The van der Waals surface area contributed by atoms with Gasteiger partial charge in [-0.05, 0) is 29.7 Å². The van der Waals surface area contributed by atoms with E-state index in [-0.39, 0.29) is 12.3 Å². The number of hydrogen-bond donors (Lipinski definition) is 2. The van der Waals surface area contributed by atoms with E-state index in [1.54, 1.807) is 26.4 Å². The molecule has 3 aromatic rings. The molecular formula is C28H29NO7. The van der Waals surface area contributed by atoms with Crippen molar-refractivity contribution in [1.82, 2.24) is 5.48 Å². The minimum atomic E-state index is -1.62. The van der Waals surface area contributed by atoms with Crippen LogP contribution < -0.4 is 24.4 Å². The summed E-state index contributed by atoms with van der Waals surface area (Å²) in [5.74, 6) is 0.452. The zero-order valence-electron chi connectivity index (χ0n) is 20.6. The van der Waals surface area contributed by atoms with E-state index in [0.717, 1.165) is 5.56 Å². The molecule has 3 aromatic carbocycles. The Morgan fingerprint density at radius 2 is 1.64 bits per heavy atom. The van der Waals surface area contributed by atoms with Gasteiger partial charge in [0.1, 0.15) is 28.6 Å². The maximum absolute atomic E-state index is 13.4. The number of carbonyl (C=O) groups excluding carboxylic acids is 1. The molecule has 5 rings (SSSR count). The molecule has 2 aliphatic rings. The number of ether oxygens (including phenoxy) is 4. The molecule has 0 unspecified atom stereocenters. The Morgan fingerprint density at radius 1 is 0.944 bits per heavy atom. The van der Waals surface area contributed by atoms with Gasteiger partial charge in [0.25, 0.3) is 0 Å². The molecule has 1 amide bonds. The Morgan fingerprint density at radius 3 is 2.25 bits per heavy atom. The molecule has 188 valence electrons. The number of amides is 1. The molecule has 8 nitrogen and oxygen atoms in total. The van der Waals surface area contributed by atoms with Crippen LogP contribution in [0.2, 0.25) is 0 Å². The lowest BCUT2D eigenvalue weighted by molar-refractivity contribution is -0.136. The van der Waals surface area contributed by atoms with Gasteiger partial charge in [0.05, 0.1) is 39.9 Å². The number of rotatable bonds is 7. The summed E-state index contributed by atoms with van der Waals surface area (Å²) in [5, 5.41) is 12.7. The zero-order valence-corrected chi connectivity index (χ0v) is 20.6. The van der Waals surface area contributed by atoms with Gasteiger partial charge < -0.3 is 24.1 Å². The van der Waals surface area contributed by atoms with Gasteiger partial charge >= 0.3 is 0 Å². The van der Waals surface area contributed by atoms with Crippen molar-refractivity contribution in [2.45, 2.75) is 23.5 Å². The quantitative estimate of drug-likeness (QED) is 0.487. The largest absolute Gasteiger partial charge is 0.497 e. The Balaban J connectivity index is 1.82. The number of carbonyl (C=O) groups is 1. The van der Waals surface area contributed by atoms with Gasteiger partial charge in [0.2, 0.25) is 5.91 Å². The number of methoxy groups -OCH3 is 3. The normalized spacial score (nSPS) is 25.9. The first-order chi connectivity index (χ1) is 17.4. The molecule has 1 aliphatic heterocycles. The van der Waals surface area contributed by atoms with E-state index < -0.39 is 23.0 Å². The van der Waals surface area contributed by atoms with Crippen molar-refractivity contribution in [3.8, 4) is 23.0 Å². The molecule has 4 atom stereocenters. The average Bonchev–Trinajstić information content (AvgIpc) is 3.32. The Labute approximate surface area is 209 Å². The van der Waals surface area contributed by atoms with Crippen molar-refractivity contribution >= 4 is 5.91 Å². The molecule has 1 heterocycles. The highest BCUT2D eigenvalue weighted by atomic mass is 16.6. The number of nitrogens with one attached hydrogen (secondary N) is 1. The summed E-state index contributed by atoms with van der Waals surface area (Å²) in [6.07, 6.45) is 0.0729. The minimum absolute atomic E-state index is 0.0729. The third kappa shape index (κ3) is 3.32. The number of benzene rings is 3. The predicted octanol–water partition coefficient (Wildman–Crippen LogP) is 3.67. The highest BCUT2D eigenvalue weighted by Crippen LogP contribution is 2.70. The Hall–Kier alpha value is -3.75. The van der Waals surface area contributed by atoms with Crippen LogP contribution in [0.1, 0.15) is 29.0 Å². The second-order valence-electron chi connectivity index (χ2n) is 9.00. The van der Waals surface area contributed by atoms with Crippen LogP contribution in [0.15, 0.2) is 66.7 Å². The molecular weight excluding hydrogens is 462 g/mol. The molecule has 0 saturated heterocycles. The predicted molar refractivity (Wildman–Crippen MR) is 131 cm³/mol. The summed E-state index contributed by atoms with van der Waals surface area (Å²) in [6, 6.07) is 20.4. The highest BCUT2D eigenvalue weighted by Gasteiger charge is 2.73. The first kappa shape index (κ1) is 24.0. The number of hydrogen-bond acceptors (Lipinski definition) is 7. The van der Waals surface area contributed by atoms with Gasteiger partial charge in [0, 0.05) is 18.1 Å². The van der Waals surface area contributed by atoms with Crippen LogP contribution in [0.5, 0.6) is 23.0 Å². The first-order valence-electron chi connectivity index (χ1n) is 11.6. The van der Waals surface area contributed by atoms with E-state index in [4.69, 9.17) is 23.8 Å². The lowest BCUT2D eigenvalue weighted by Gasteiger charge is -2.40. The molecule has 1 saturated carbocycles. The lowest BCUT2D eigenvalue weighted by Crippen LogP contribution is -2.48. The fraction of sp³-hybridized carbons (Fsp3) is 0.321. The number of aliphatic hydroxyl groups is 1. The smallest absolute Gasteiger partial charge is 0.247 e. The summed E-state index contributed by atoms with van der Waals surface area (Å²) >= 11 is 0. The van der Waals surface area contributed by atoms with E-state index in [1.807, 2.05) is 54.6 Å². The molecule has 0 spiro atoms. The highest BCUT2D eigenvalue weighted by molar-refractivity contribution is 5.81. The van der Waals surface area contributed by atoms with E-state index in [0.29, 0.717) is 34.1 Å². The summed E-state index contributed by atoms with van der Waals surface area (Å²) in [7, 11) is 6.07. The third-order valence-corrected chi connectivity index (χ3v) is 7.37. The molecule has 2 N–H and O–H groups in total. The van der Waals surface area contributed by atoms with Crippen molar-refractivity contribution in [3.05, 3.63) is 83.4 Å². The van der Waals surface area contributed by atoms with Crippen LogP contribution in [0, 0.1) is 5.92 Å². The SMILES string of the molecule is CONC(=O)[C@H]1C[C@@]2(O)c3c(OC)cc(OC)cc3O[C@@]2(c2ccc(OC)cc2)[C@@H]1c1ccccc1. The lowest BCUT2D eigenvalue weighted by atomic mass is 9.70. The molecule has 1 aliphatic carbocycles. The Kier molecular flexibility index (Phi) is 6.02. The molecule has 1 fully saturated rings. The third-order valence-electron chi connectivity index (χ3n) is 7.37. The second kappa shape index (κ2) is 9.04. The molecule has 0 aromatic heterocycles. The average molecular weight is 492 g/mol. The van der Waals surface area contributed by atoms with Crippen LogP contribution in [-0.2, 0) is 20.8 Å². The Bertz CT molecular complexity index is 1260. The van der Waals surface area contributed by atoms with Crippen LogP contribution in [-0.4, -0.2) is 39.5 Å². The van der Waals surface area contributed by atoms with Crippen LogP contribution >= 0.6 is 0 Å². The summed E-state index contributed by atoms with van der Waals surface area (Å²) in [6.45, 7) is 0. The molecule has 36 heavy (non-hydrogen) atoms. The van der Waals surface area contributed by atoms with E-state index >= 15 is 0 Å². The van der Waals surface area contributed by atoms with Crippen LogP contribution in [0.3, 0.4) is 0 Å². The zero-order chi connectivity index (χ0) is 25.5. The summed E-state index contributed by atoms with van der Waals surface area (Å²) < 4.78 is 23.4. The van der Waals surface area contributed by atoms with Crippen molar-refractivity contribution < 1.29 is 33.7 Å². The van der Waals surface area contributed by atoms with Gasteiger partial charge in [-0.25, -0.2) is 5.48 Å². The van der Waals surface area contributed by atoms with Gasteiger partial charge in [-0.2, -0.15) is 0 Å². The van der Waals surface area contributed by atoms with Gasteiger partial charge in [-0.1, -0.05) is 42.5 Å². The van der Waals surface area contributed by atoms with Crippen molar-refractivity contribution in [3.63, 3.8) is 0 Å². The molecule has 0 radical (unpaired) electrons. The number of hydroxylamine groups is 1. The second-order valence-corrected chi connectivity index (χ2v) is 9.00. The van der Waals surface area contributed by atoms with Gasteiger partial charge in [-0.3, -0.25) is 9.63 Å². The van der Waals surface area contributed by atoms with E-state index in [1.165, 1.54) is 14.2 Å². The standard InChI is InChI=1S/C28H29NO7/c1-32-19-12-10-18(11-13-19)28-24(17-8-6-5-7-9-17)21(26(30)29-35-4)16-27(28,31)25-22(34-3)14-20(33-2)15-23(25)36-28/h5-15,21,24,31H,16H2,1-4H3,(H,29,30)/t21-,24+,27+,28-/m0/s1. The minimum Gasteiger partial charge on any atom is -0.497 e. The fourth-order valence-electron chi connectivity index (χ4n) is 5.93. The fourth-order valence-corrected chi connectivity index (χ4v) is 5.93. The van der Waals surface area contributed by atoms with Crippen LogP contribution in [0.4, 0.5) is 0 Å². The van der Waals surface area contributed by atoms with E-state index in [2.05, 4.69) is 5.48 Å². The van der Waals surface area contributed by atoms with Crippen molar-refractivity contribution in [2.24, 2.45) is 5.92 Å². The monoisotopic (exact) mass is 491 g/mol. The van der Waals surface area contributed by atoms with Gasteiger partial charge in [-0.15, -0.1) is 0 Å². The van der Waals surface area contributed by atoms with E-state index in [9.17, 15) is 9.90 Å². The van der Waals surface area contributed by atoms with Crippen molar-refractivity contribution in [2.75, 3.05) is 28.4 Å². The maximum atomic E-state index is 13.4. The first-order valence-corrected chi connectivity index (χ1v) is 11.6. The van der Waals surface area contributed by atoms with Gasteiger partial charge in [0.15, 0.2) is 5.60 Å². The summed E-state index contributed by atoms with van der Waals surface area (Å²) in [4.78, 5) is 18.4. The molecule has 8 heteroatoms. The summed E-state index contributed by atoms with van der Waals surface area (Å²) in [5.41, 5.74) is 1.52. The number of fused-ring (bicyclic) bond motifs is 3. The van der Waals surface area contributed by atoms with Crippen LogP contribution in [0.25, 0.3) is 0 Å². The topological polar surface area (TPSA) is 95.5 Å². The maximum Gasteiger partial charge on any atom is 0.247 e. The van der Waals surface area contributed by atoms with Crippen molar-refractivity contribution in [1.29, 1.82) is 0 Å².